The molecular formula is C26H30N6O2. The lowest BCUT2D eigenvalue weighted by atomic mass is 10.0. The quantitative estimate of drug-likeness (QED) is 0.587. The highest BCUT2D eigenvalue weighted by Gasteiger charge is 2.59. The van der Waals surface area contributed by atoms with Crippen LogP contribution in [-0.2, 0) is 13.5 Å². The number of carbonyl (C=O) groups is 1. The van der Waals surface area contributed by atoms with Crippen LogP contribution in [0.1, 0.15) is 52.2 Å². The lowest BCUT2D eigenvalue weighted by molar-refractivity contribution is 0.0772. The molecule has 6 atom stereocenters. The van der Waals surface area contributed by atoms with E-state index in [1.807, 2.05) is 47.4 Å². The van der Waals surface area contributed by atoms with Crippen LogP contribution in [0.15, 0.2) is 54.6 Å². The molecule has 0 spiro atoms. The summed E-state index contributed by atoms with van der Waals surface area (Å²) >= 11 is 0. The first kappa shape index (κ1) is 21.4. The lowest BCUT2D eigenvalue weighted by Crippen LogP contribution is -2.35. The van der Waals surface area contributed by atoms with Gasteiger partial charge in [0.05, 0.1) is 13.2 Å². The van der Waals surface area contributed by atoms with Gasteiger partial charge in [0.2, 0.25) is 0 Å². The Hall–Kier alpha value is -3.10. The molecule has 8 heteroatoms. The molecule has 2 N–H and O–H groups in total. The molecule has 176 valence electrons. The van der Waals surface area contributed by atoms with Crippen molar-refractivity contribution in [3.8, 4) is 0 Å². The Balaban J connectivity index is 1.01. The lowest BCUT2D eigenvalue weighted by Gasteiger charge is -2.21. The molecule has 3 aliphatic rings. The Bertz CT molecular complexity index is 1150. The molecule has 2 aliphatic heterocycles. The summed E-state index contributed by atoms with van der Waals surface area (Å²) in [6.45, 7) is 1.54. The molecule has 1 aliphatic carbocycles. The number of fused-ring (bicyclic) bond motifs is 1. The Morgan fingerprint density at radius 2 is 1.82 bits per heavy atom. The Kier molecular flexibility index (Phi) is 5.42. The number of aliphatic hydroxyl groups is 1. The topological polar surface area (TPSA) is 96.2 Å². The molecule has 0 bridgehead atoms. The van der Waals surface area contributed by atoms with E-state index in [-0.39, 0.29) is 11.9 Å². The van der Waals surface area contributed by atoms with E-state index in [1.54, 1.807) is 7.05 Å². The van der Waals surface area contributed by atoms with Crippen molar-refractivity contribution in [3.63, 3.8) is 0 Å². The minimum atomic E-state index is -0.484. The van der Waals surface area contributed by atoms with E-state index in [1.165, 1.54) is 10.4 Å². The highest BCUT2D eigenvalue weighted by Crippen LogP contribution is 2.57. The molecule has 1 aromatic heterocycles. The molecule has 34 heavy (non-hydrogen) atoms. The van der Waals surface area contributed by atoms with Gasteiger partial charge < -0.3 is 15.3 Å². The summed E-state index contributed by atoms with van der Waals surface area (Å²) in [6, 6.07) is 18.3. The number of aryl methyl sites for hydroxylation is 1. The van der Waals surface area contributed by atoms with Crippen LogP contribution in [0.2, 0.25) is 0 Å². The van der Waals surface area contributed by atoms with Crippen LogP contribution in [0.3, 0.4) is 0 Å². The predicted molar refractivity (Wildman–Crippen MR) is 126 cm³/mol. The van der Waals surface area contributed by atoms with Crippen LogP contribution in [0.25, 0.3) is 0 Å². The summed E-state index contributed by atoms with van der Waals surface area (Å²) in [6.07, 6.45) is 2.41. The summed E-state index contributed by atoms with van der Waals surface area (Å²) < 4.78 is 0. The van der Waals surface area contributed by atoms with E-state index in [0.717, 1.165) is 49.3 Å². The van der Waals surface area contributed by atoms with Gasteiger partial charge in [-0.05, 0) is 59.6 Å². The second-order valence-corrected chi connectivity index (χ2v) is 10.0. The smallest absolute Gasteiger partial charge is 0.253 e. The number of piperidine rings is 1. The largest absolute Gasteiger partial charge is 0.387 e. The fourth-order valence-corrected chi connectivity index (χ4v) is 5.90. The zero-order valence-corrected chi connectivity index (χ0v) is 19.3. The van der Waals surface area contributed by atoms with Crippen LogP contribution >= 0.6 is 0 Å². The summed E-state index contributed by atoms with van der Waals surface area (Å²) in [5.41, 5.74) is 2.92. The first-order valence-corrected chi connectivity index (χ1v) is 12.2. The number of tetrazole rings is 1. The number of likely N-dealkylation sites (tertiary alicyclic amines) is 1. The molecule has 2 saturated heterocycles. The Labute approximate surface area is 199 Å². The minimum absolute atomic E-state index is 0.0794. The average Bonchev–Trinajstić information content (AvgIpc) is 3.30. The van der Waals surface area contributed by atoms with E-state index in [4.69, 9.17) is 0 Å². The monoisotopic (exact) mass is 458 g/mol. The normalized spacial score (nSPS) is 28.6. The van der Waals surface area contributed by atoms with Crippen molar-refractivity contribution in [2.75, 3.05) is 13.1 Å². The van der Waals surface area contributed by atoms with Gasteiger partial charge in [-0.15, -0.1) is 10.2 Å². The van der Waals surface area contributed by atoms with Crippen LogP contribution in [0.5, 0.6) is 0 Å². The number of hydrogen-bond acceptors (Lipinski definition) is 6. The molecule has 1 amide bonds. The van der Waals surface area contributed by atoms with Gasteiger partial charge in [0.15, 0.2) is 5.82 Å². The van der Waals surface area contributed by atoms with Crippen LogP contribution in [0, 0.1) is 11.8 Å². The molecule has 6 rings (SSSR count). The minimum Gasteiger partial charge on any atom is -0.387 e. The Morgan fingerprint density at radius 1 is 1.09 bits per heavy atom. The molecular weight excluding hydrogens is 428 g/mol. The number of amides is 1. The van der Waals surface area contributed by atoms with Crippen LogP contribution < -0.4 is 5.32 Å². The summed E-state index contributed by atoms with van der Waals surface area (Å²) in [4.78, 5) is 16.5. The van der Waals surface area contributed by atoms with E-state index in [0.29, 0.717) is 23.8 Å². The van der Waals surface area contributed by atoms with E-state index in [9.17, 15) is 9.90 Å². The van der Waals surface area contributed by atoms with Crippen molar-refractivity contribution < 1.29 is 9.90 Å². The average molecular weight is 459 g/mol. The van der Waals surface area contributed by atoms with Gasteiger partial charge in [0.25, 0.3) is 5.91 Å². The number of carbonyl (C=O) groups excluding carboxylic acids is 1. The highest BCUT2D eigenvalue weighted by atomic mass is 16.3. The van der Waals surface area contributed by atoms with Gasteiger partial charge >= 0.3 is 0 Å². The molecule has 3 fully saturated rings. The van der Waals surface area contributed by atoms with Crippen molar-refractivity contribution in [1.82, 2.24) is 30.4 Å². The van der Waals surface area contributed by atoms with Crippen molar-refractivity contribution in [1.29, 1.82) is 0 Å². The number of aliphatic hydroxyl groups excluding tert-OH is 1. The number of nitrogens with one attached hydrogen (secondary N) is 1. The van der Waals surface area contributed by atoms with E-state index < -0.39 is 6.10 Å². The first-order valence-electron chi connectivity index (χ1n) is 12.2. The number of nitrogens with zero attached hydrogens (tertiary/aromatic N) is 5. The third-order valence-corrected chi connectivity index (χ3v) is 7.78. The maximum atomic E-state index is 13.0. The summed E-state index contributed by atoms with van der Waals surface area (Å²) in [7, 11) is 1.78. The summed E-state index contributed by atoms with van der Waals surface area (Å²) in [5, 5.41) is 26.7. The van der Waals surface area contributed by atoms with Gasteiger partial charge in [-0.25, -0.2) is 0 Å². The zero-order valence-electron chi connectivity index (χ0n) is 19.3. The molecule has 1 saturated carbocycles. The van der Waals surface area contributed by atoms with Crippen molar-refractivity contribution >= 4 is 5.91 Å². The van der Waals surface area contributed by atoms with E-state index >= 15 is 0 Å². The SMILES string of the molecule is Cn1nnc(C2[C@H]3CN(C(=O)c4ccc(C[C@@H]5CC[C@H]([C@H](O)c6ccccc6)N5)cc4)C[C@@H]23)n1. The van der Waals surface area contributed by atoms with Crippen molar-refractivity contribution in [2.45, 2.75) is 43.4 Å². The number of aromatic nitrogens is 4. The maximum Gasteiger partial charge on any atom is 0.253 e. The van der Waals surface area contributed by atoms with Crippen molar-refractivity contribution in [3.05, 3.63) is 77.1 Å². The maximum absolute atomic E-state index is 13.0. The van der Waals surface area contributed by atoms with Crippen LogP contribution in [0.4, 0.5) is 0 Å². The molecule has 3 aromatic rings. The second kappa shape index (κ2) is 8.60. The third kappa shape index (κ3) is 4.01. The molecule has 0 radical (unpaired) electrons. The molecule has 2 aromatic carbocycles. The van der Waals surface area contributed by atoms with Gasteiger partial charge in [-0.1, -0.05) is 42.5 Å². The fraction of sp³-hybridized carbons (Fsp3) is 0.462. The molecule has 1 unspecified atom stereocenters. The van der Waals surface area contributed by atoms with Gasteiger partial charge in [0, 0.05) is 36.7 Å². The van der Waals surface area contributed by atoms with Crippen LogP contribution in [-0.4, -0.2) is 61.3 Å². The third-order valence-electron chi connectivity index (χ3n) is 7.78. The molecule has 8 nitrogen and oxygen atoms in total. The van der Waals surface area contributed by atoms with Gasteiger partial charge in [0.1, 0.15) is 0 Å². The Morgan fingerprint density at radius 3 is 2.50 bits per heavy atom. The number of hydrogen-bond donors (Lipinski definition) is 2. The standard InChI is InChI=1S/C26H30N6O2/c1-31-29-25(28-30-31)23-20-14-32(15-21(20)23)26(34)18-9-7-16(8-10-18)13-19-11-12-22(27-19)24(33)17-5-3-2-4-6-17/h2-10,19-24,27,33H,11-15H2,1H3/t19-,20-,21+,22+,23?,24+/m0/s1. The fourth-order valence-electron chi connectivity index (χ4n) is 5.90. The second-order valence-electron chi connectivity index (χ2n) is 10.0. The van der Waals surface area contributed by atoms with Gasteiger partial charge in [-0.2, -0.15) is 4.80 Å². The number of rotatable bonds is 6. The molecule has 3 heterocycles. The van der Waals surface area contributed by atoms with Crippen molar-refractivity contribution in [2.24, 2.45) is 18.9 Å². The predicted octanol–water partition coefficient (Wildman–Crippen LogP) is 2.09. The highest BCUT2D eigenvalue weighted by molar-refractivity contribution is 5.94. The van der Waals surface area contributed by atoms with E-state index in [2.05, 4.69) is 32.9 Å². The first-order chi connectivity index (χ1) is 16.6. The number of benzene rings is 2. The summed E-state index contributed by atoms with van der Waals surface area (Å²) in [5.74, 6) is 2.19. The van der Waals surface area contributed by atoms with Gasteiger partial charge in [-0.3, -0.25) is 4.79 Å². The zero-order chi connectivity index (χ0) is 23.2.